The van der Waals surface area contributed by atoms with E-state index in [1.54, 1.807) is 0 Å². The van der Waals surface area contributed by atoms with Crippen molar-refractivity contribution in [1.29, 1.82) is 0 Å². The summed E-state index contributed by atoms with van der Waals surface area (Å²) < 4.78 is 4.98. The highest BCUT2D eigenvalue weighted by atomic mass is 32.2. The summed E-state index contributed by atoms with van der Waals surface area (Å²) in [6.45, 7) is 1.75. The summed E-state index contributed by atoms with van der Waals surface area (Å²) in [7, 11) is 0. The predicted octanol–water partition coefficient (Wildman–Crippen LogP) is 0.655. The molecule has 2 heterocycles. The molecule has 0 fully saturated rings. The number of aliphatic hydroxyl groups excluding tert-OH is 2. The van der Waals surface area contributed by atoms with Crippen molar-refractivity contribution in [2.75, 3.05) is 17.2 Å². The molecule has 0 spiro atoms. The Morgan fingerprint density at radius 1 is 1.39 bits per heavy atom. The fraction of sp³-hybridized carbons (Fsp3) is 0.438. The average Bonchev–Trinajstić information content (AvgIpc) is 2.96. The minimum Gasteiger partial charge on any atom is -0.465 e. The van der Waals surface area contributed by atoms with Crippen LogP contribution in [0.25, 0.3) is 0 Å². The summed E-state index contributed by atoms with van der Waals surface area (Å²) >= 11 is 1.38. The number of nitrogens with two attached hydrogens (primary N) is 1. The minimum absolute atomic E-state index is 0.155. The molecular weight excluding hydrogens is 390 g/mol. The van der Waals surface area contributed by atoms with Crippen molar-refractivity contribution < 1.29 is 24.7 Å². The number of aliphatic hydroxyl groups is 2. The third kappa shape index (κ3) is 4.30. The third-order valence-corrected chi connectivity index (χ3v) is 5.28. The monoisotopic (exact) mass is 411 g/mol. The van der Waals surface area contributed by atoms with E-state index in [1.165, 1.54) is 30.8 Å². The Kier molecular flexibility index (Phi) is 5.93. The maximum atomic E-state index is 11.3. The molecule has 0 aromatic heterocycles. The first-order chi connectivity index (χ1) is 13.3. The fourth-order valence-electron chi connectivity index (χ4n) is 2.99. The number of non-ortho nitro benzene ring substituents is 1. The van der Waals surface area contributed by atoms with Crippen LogP contribution in [0.5, 0.6) is 0 Å². The van der Waals surface area contributed by atoms with Gasteiger partial charge in [-0.25, -0.2) is 0 Å². The number of rotatable bonds is 6. The number of thioether (sulfide) groups is 1. The van der Waals surface area contributed by atoms with Gasteiger partial charge in [0.15, 0.2) is 12.5 Å². The molecule has 0 saturated heterocycles. The maximum Gasteiger partial charge on any atom is 0.302 e. The number of anilines is 2. The summed E-state index contributed by atoms with van der Waals surface area (Å²) in [4.78, 5) is 23.6. The first-order valence-corrected chi connectivity index (χ1v) is 9.41. The first-order valence-electron chi connectivity index (χ1n) is 8.47. The number of benzene rings is 1. The number of carbonyl (C=O) groups is 1. The number of esters is 1. The number of carbonyl (C=O) groups excluding carboxylic acids is 1. The Labute approximate surface area is 164 Å². The zero-order valence-corrected chi connectivity index (χ0v) is 15.8. The molecule has 152 valence electrons. The lowest BCUT2D eigenvalue weighted by atomic mass is 10.1. The molecule has 6 N–H and O–H groups in total. The molecule has 3 unspecified atom stereocenters. The van der Waals surface area contributed by atoms with Gasteiger partial charge in [-0.1, -0.05) is 11.8 Å². The molecule has 1 aromatic rings. The fourth-order valence-corrected chi connectivity index (χ4v) is 3.90. The molecule has 0 aliphatic carbocycles. The van der Waals surface area contributed by atoms with E-state index in [4.69, 9.17) is 10.5 Å². The molecule has 0 radical (unpaired) electrons. The Bertz CT molecular complexity index is 819. The van der Waals surface area contributed by atoms with Gasteiger partial charge in [-0.15, -0.1) is 0 Å². The normalized spacial score (nSPS) is 23.4. The number of hydrogen-bond donors (Lipinski definition) is 5. The van der Waals surface area contributed by atoms with Crippen molar-refractivity contribution in [3.63, 3.8) is 0 Å². The Morgan fingerprint density at radius 3 is 2.79 bits per heavy atom. The molecule has 0 saturated carbocycles. The summed E-state index contributed by atoms with van der Waals surface area (Å²) in [6.07, 6.45) is -2.12. The van der Waals surface area contributed by atoms with E-state index >= 15 is 0 Å². The second-order valence-electron chi connectivity index (χ2n) is 6.32. The lowest BCUT2D eigenvalue weighted by molar-refractivity contribution is -0.384. The molecule has 12 heteroatoms. The first kappa shape index (κ1) is 20.2. The predicted molar refractivity (Wildman–Crippen MR) is 103 cm³/mol. The van der Waals surface area contributed by atoms with Crippen LogP contribution in [0.4, 0.5) is 17.1 Å². The standard InChI is InChI=1S/C16H21N5O6S/c1-8(22)27-3-2-10-7-28-16(17)20(10)6-9-4-11(21(25)26)5-12-13(9)19-15(24)14(23)18-12/h4-5,7,14-16,18-19,23-24H,2-3,6,17H2,1H3. The number of nitro groups is 1. The molecule has 28 heavy (non-hydrogen) atoms. The Morgan fingerprint density at radius 2 is 2.11 bits per heavy atom. The number of nitrogens with zero attached hydrogens (tertiary/aromatic N) is 2. The van der Waals surface area contributed by atoms with Gasteiger partial charge in [0.1, 0.15) is 5.50 Å². The van der Waals surface area contributed by atoms with Gasteiger partial charge < -0.3 is 36.2 Å². The Balaban J connectivity index is 1.87. The summed E-state index contributed by atoms with van der Waals surface area (Å²) in [6, 6.07) is 2.69. The van der Waals surface area contributed by atoms with Crippen molar-refractivity contribution in [2.24, 2.45) is 5.73 Å². The maximum absolute atomic E-state index is 11.3. The largest absolute Gasteiger partial charge is 0.465 e. The summed E-state index contributed by atoms with van der Waals surface area (Å²) in [5.41, 5.74) is 7.71. The van der Waals surface area contributed by atoms with Crippen LogP contribution in [-0.2, 0) is 16.1 Å². The van der Waals surface area contributed by atoms with Crippen molar-refractivity contribution in [3.8, 4) is 0 Å². The molecule has 2 aliphatic rings. The number of ether oxygens (including phenoxy) is 1. The van der Waals surface area contributed by atoms with E-state index in [-0.39, 0.29) is 24.8 Å². The number of fused-ring (bicyclic) bond motifs is 1. The second-order valence-corrected chi connectivity index (χ2v) is 7.31. The SMILES string of the molecule is CC(=O)OCCC1=CSC(N)N1Cc1cc([N+](=O)[O-])cc2c1NC(O)C(O)N2. The highest BCUT2D eigenvalue weighted by Gasteiger charge is 2.30. The highest BCUT2D eigenvalue weighted by molar-refractivity contribution is 8.02. The van der Waals surface area contributed by atoms with E-state index in [0.717, 1.165) is 5.70 Å². The third-order valence-electron chi connectivity index (χ3n) is 4.33. The van der Waals surface area contributed by atoms with E-state index in [1.807, 2.05) is 10.3 Å². The quantitative estimate of drug-likeness (QED) is 0.254. The van der Waals surface area contributed by atoms with Crippen LogP contribution in [0.3, 0.4) is 0 Å². The van der Waals surface area contributed by atoms with Gasteiger partial charge in [0, 0.05) is 43.3 Å². The topological polar surface area (TPSA) is 163 Å². The molecule has 0 bridgehead atoms. The van der Waals surface area contributed by atoms with Crippen LogP contribution >= 0.6 is 11.8 Å². The minimum atomic E-state index is -1.30. The van der Waals surface area contributed by atoms with Crippen LogP contribution < -0.4 is 16.4 Å². The van der Waals surface area contributed by atoms with Crippen LogP contribution in [0, 0.1) is 10.1 Å². The van der Waals surface area contributed by atoms with Gasteiger partial charge in [-0.05, 0) is 5.41 Å². The lowest BCUT2D eigenvalue weighted by Crippen LogP contribution is -2.43. The van der Waals surface area contributed by atoms with Crippen LogP contribution in [0.15, 0.2) is 23.2 Å². The average molecular weight is 411 g/mol. The summed E-state index contributed by atoms with van der Waals surface area (Å²) in [5.74, 6) is -0.377. The number of hydrogen-bond acceptors (Lipinski definition) is 11. The second kappa shape index (κ2) is 8.22. The van der Waals surface area contributed by atoms with E-state index in [2.05, 4.69) is 10.6 Å². The van der Waals surface area contributed by atoms with Gasteiger partial charge in [0.2, 0.25) is 0 Å². The zero-order valence-electron chi connectivity index (χ0n) is 15.0. The summed E-state index contributed by atoms with van der Waals surface area (Å²) in [5, 5.41) is 38.3. The van der Waals surface area contributed by atoms with Gasteiger partial charge >= 0.3 is 5.97 Å². The van der Waals surface area contributed by atoms with Crippen molar-refractivity contribution in [2.45, 2.75) is 37.8 Å². The molecule has 11 nitrogen and oxygen atoms in total. The van der Waals surface area contributed by atoms with Gasteiger partial charge in [0.05, 0.1) is 22.9 Å². The number of nitrogens with one attached hydrogen (secondary N) is 2. The van der Waals surface area contributed by atoms with Gasteiger partial charge in [0.25, 0.3) is 5.69 Å². The molecular formula is C16H21N5O6S. The Hall–Kier alpha value is -2.54. The number of nitro benzene ring substituents is 1. The zero-order chi connectivity index (χ0) is 20.4. The smallest absolute Gasteiger partial charge is 0.302 e. The molecule has 2 aliphatic heterocycles. The van der Waals surface area contributed by atoms with E-state index in [9.17, 15) is 25.1 Å². The molecule has 1 aromatic carbocycles. The van der Waals surface area contributed by atoms with Crippen molar-refractivity contribution in [3.05, 3.63) is 38.9 Å². The van der Waals surface area contributed by atoms with E-state index in [0.29, 0.717) is 23.4 Å². The van der Waals surface area contributed by atoms with Gasteiger partial charge in [-0.2, -0.15) is 0 Å². The molecule has 3 rings (SSSR count). The molecule has 0 amide bonds. The van der Waals surface area contributed by atoms with Crippen LogP contribution in [-0.4, -0.2) is 50.6 Å². The lowest BCUT2D eigenvalue weighted by Gasteiger charge is -2.33. The van der Waals surface area contributed by atoms with Crippen LogP contribution in [0.1, 0.15) is 18.9 Å². The van der Waals surface area contributed by atoms with Crippen LogP contribution in [0.2, 0.25) is 0 Å². The van der Waals surface area contributed by atoms with Gasteiger partial charge in [-0.3, -0.25) is 14.9 Å². The highest BCUT2D eigenvalue weighted by Crippen LogP contribution is 2.39. The van der Waals surface area contributed by atoms with E-state index < -0.39 is 22.9 Å². The van der Waals surface area contributed by atoms with Crippen molar-refractivity contribution >= 4 is 34.8 Å². The van der Waals surface area contributed by atoms with Crippen molar-refractivity contribution in [1.82, 2.24) is 4.90 Å². The molecule has 3 atom stereocenters.